The van der Waals surface area contributed by atoms with E-state index in [0.717, 1.165) is 12.1 Å². The molecule has 0 bridgehead atoms. The van der Waals surface area contributed by atoms with Crippen LogP contribution in [0.15, 0.2) is 109 Å². The number of nitrogen functional groups attached to an aromatic ring is 1. The van der Waals surface area contributed by atoms with Crippen LogP contribution in [0.2, 0.25) is 0 Å². The van der Waals surface area contributed by atoms with Crippen LogP contribution in [0.4, 0.5) is 5.69 Å². The average molecular weight is 445 g/mol. The van der Waals surface area contributed by atoms with Crippen molar-refractivity contribution < 1.29 is 0 Å². The molecule has 0 saturated heterocycles. The molecule has 2 nitrogen and oxygen atoms in total. The molecule has 0 aliphatic carbocycles. The van der Waals surface area contributed by atoms with Crippen molar-refractivity contribution in [2.75, 3.05) is 5.73 Å². The van der Waals surface area contributed by atoms with Gasteiger partial charge in [0.2, 0.25) is 0 Å². The quantitative estimate of drug-likeness (QED) is 0.271. The van der Waals surface area contributed by atoms with Crippen LogP contribution in [-0.4, -0.2) is 4.57 Å². The number of fused-ring (bicyclic) bond motifs is 1. The molecule has 34 heavy (non-hydrogen) atoms. The van der Waals surface area contributed by atoms with Crippen LogP contribution in [-0.2, 0) is 6.42 Å². The van der Waals surface area contributed by atoms with Gasteiger partial charge in [0.15, 0.2) is 0 Å². The molecule has 0 unspecified atom stereocenters. The van der Waals surface area contributed by atoms with Gasteiger partial charge in [-0.05, 0) is 72.0 Å². The zero-order chi connectivity index (χ0) is 23.9. The van der Waals surface area contributed by atoms with Crippen molar-refractivity contribution in [3.8, 4) is 16.8 Å². The number of hydrogen-bond donors (Lipinski definition) is 1. The fourth-order valence-electron chi connectivity index (χ4n) is 4.29. The van der Waals surface area contributed by atoms with E-state index in [4.69, 9.17) is 5.73 Å². The van der Waals surface area contributed by atoms with E-state index in [1.165, 1.54) is 44.5 Å². The zero-order valence-electron chi connectivity index (χ0n) is 20.2. The van der Waals surface area contributed by atoms with E-state index < -0.39 is 0 Å². The highest BCUT2D eigenvalue weighted by Gasteiger charge is 2.12. The van der Waals surface area contributed by atoms with Crippen molar-refractivity contribution in [3.05, 3.63) is 126 Å². The lowest BCUT2D eigenvalue weighted by molar-refractivity contribution is 1.09. The Morgan fingerprint density at radius 2 is 1.29 bits per heavy atom. The number of rotatable bonds is 5. The minimum Gasteiger partial charge on any atom is -0.399 e. The third kappa shape index (κ3) is 4.82. The van der Waals surface area contributed by atoms with Crippen molar-refractivity contribution in [1.29, 1.82) is 0 Å². The number of anilines is 1. The third-order valence-electron chi connectivity index (χ3n) is 6.02. The summed E-state index contributed by atoms with van der Waals surface area (Å²) in [7, 11) is 0. The smallest absolute Gasteiger partial charge is 0.0537 e. The first-order valence-electron chi connectivity index (χ1n) is 12.0. The first-order valence-corrected chi connectivity index (χ1v) is 12.0. The van der Waals surface area contributed by atoms with E-state index >= 15 is 0 Å². The molecule has 2 N–H and O–H groups in total. The van der Waals surface area contributed by atoms with Gasteiger partial charge in [0.1, 0.15) is 0 Å². The van der Waals surface area contributed by atoms with Crippen molar-refractivity contribution in [2.45, 2.75) is 27.2 Å². The molecule has 1 heterocycles. The van der Waals surface area contributed by atoms with Gasteiger partial charge < -0.3 is 10.3 Å². The number of nitrogens with two attached hydrogens (primary N) is 1. The zero-order valence-corrected chi connectivity index (χ0v) is 20.2. The lowest BCUT2D eigenvalue weighted by Gasteiger charge is -2.09. The molecule has 0 fully saturated rings. The lowest BCUT2D eigenvalue weighted by atomic mass is 10.0. The van der Waals surface area contributed by atoms with E-state index in [2.05, 4.69) is 115 Å². The maximum absolute atomic E-state index is 5.81. The fraction of sp³-hybridized carbons (Fsp3) is 0.125. The van der Waals surface area contributed by atoms with Crippen LogP contribution in [0, 0.1) is 6.92 Å². The summed E-state index contributed by atoms with van der Waals surface area (Å²) in [5, 5.41) is 1.30. The topological polar surface area (TPSA) is 30.9 Å². The second-order valence-corrected chi connectivity index (χ2v) is 8.12. The van der Waals surface area contributed by atoms with Crippen molar-refractivity contribution >= 4 is 22.7 Å². The third-order valence-corrected chi connectivity index (χ3v) is 6.02. The molecule has 0 saturated carbocycles. The van der Waals surface area contributed by atoms with E-state index in [1.54, 1.807) is 0 Å². The van der Waals surface area contributed by atoms with Crippen LogP contribution in [0.3, 0.4) is 0 Å². The Balaban J connectivity index is 0.00000133. The molecule has 5 rings (SSSR count). The van der Waals surface area contributed by atoms with Crippen LogP contribution in [0.5, 0.6) is 0 Å². The molecule has 170 valence electrons. The Bertz CT molecular complexity index is 1370. The monoisotopic (exact) mass is 444 g/mol. The molecule has 0 amide bonds. The Morgan fingerprint density at radius 1 is 0.706 bits per heavy atom. The second-order valence-electron chi connectivity index (χ2n) is 8.12. The minimum absolute atomic E-state index is 0.790. The number of nitrogens with zero attached hydrogens (tertiary/aromatic N) is 1. The van der Waals surface area contributed by atoms with Crippen LogP contribution >= 0.6 is 0 Å². The second kappa shape index (κ2) is 10.7. The Kier molecular flexibility index (Phi) is 7.29. The minimum atomic E-state index is 0.790. The number of aryl methyl sites for hydroxylation is 1. The van der Waals surface area contributed by atoms with Gasteiger partial charge in [0, 0.05) is 22.5 Å². The van der Waals surface area contributed by atoms with Crippen LogP contribution < -0.4 is 5.73 Å². The van der Waals surface area contributed by atoms with Gasteiger partial charge in [-0.2, -0.15) is 0 Å². The van der Waals surface area contributed by atoms with Crippen molar-refractivity contribution in [1.82, 2.24) is 4.57 Å². The normalized spacial score (nSPS) is 10.9. The predicted octanol–water partition coefficient (Wildman–Crippen LogP) is 8.47. The first kappa shape index (κ1) is 23.1. The molecule has 0 radical (unpaired) electrons. The molecule has 0 aliphatic heterocycles. The number of benzene rings is 4. The van der Waals surface area contributed by atoms with E-state index in [1.807, 2.05) is 26.0 Å². The van der Waals surface area contributed by atoms with Crippen molar-refractivity contribution in [2.24, 2.45) is 0 Å². The van der Waals surface area contributed by atoms with Gasteiger partial charge in [-0.1, -0.05) is 92.7 Å². The summed E-state index contributed by atoms with van der Waals surface area (Å²) >= 11 is 0. The molecule has 2 heteroatoms. The summed E-state index contributed by atoms with van der Waals surface area (Å²) in [4.78, 5) is 0. The standard InChI is InChI=1S/C30H26N2.C2H6/c1-22-28-11-5-6-12-30(28)32(27-9-3-2-4-10-27)29(22)13-7-8-23-14-16-24(17-15-23)25-18-20-26(31)21-19-25;1-2/h2-7,9-21H,8,31H2,1H3;1-2H3/b13-7-;. The van der Waals surface area contributed by atoms with Gasteiger partial charge in [-0.15, -0.1) is 0 Å². The molecule has 0 aliphatic rings. The lowest BCUT2D eigenvalue weighted by Crippen LogP contribution is -1.96. The van der Waals surface area contributed by atoms with E-state index in [9.17, 15) is 0 Å². The Labute approximate surface area is 203 Å². The Morgan fingerprint density at radius 3 is 1.97 bits per heavy atom. The maximum atomic E-state index is 5.81. The van der Waals surface area contributed by atoms with Gasteiger partial charge in [0.25, 0.3) is 0 Å². The molecular formula is C32H32N2. The van der Waals surface area contributed by atoms with Crippen LogP contribution in [0.25, 0.3) is 33.8 Å². The van der Waals surface area contributed by atoms with Gasteiger partial charge >= 0.3 is 0 Å². The summed E-state index contributed by atoms with van der Waals surface area (Å²) in [6, 6.07) is 36.0. The van der Waals surface area contributed by atoms with Crippen molar-refractivity contribution in [3.63, 3.8) is 0 Å². The summed E-state index contributed by atoms with van der Waals surface area (Å²) in [5.41, 5.74) is 15.2. The van der Waals surface area contributed by atoms with Gasteiger partial charge in [0.05, 0.1) is 5.52 Å². The number of para-hydroxylation sites is 2. The highest BCUT2D eigenvalue weighted by atomic mass is 15.0. The SMILES string of the molecule is CC.Cc1c(/C=C\Cc2ccc(-c3ccc(N)cc3)cc2)n(-c2ccccc2)c2ccccc12. The van der Waals surface area contributed by atoms with E-state index in [-0.39, 0.29) is 0 Å². The average Bonchev–Trinajstić information content (AvgIpc) is 3.18. The first-order chi connectivity index (χ1) is 16.7. The summed E-state index contributed by atoms with van der Waals surface area (Å²) < 4.78 is 2.35. The molecular weight excluding hydrogens is 412 g/mol. The Hall–Kier alpha value is -4.04. The van der Waals surface area contributed by atoms with Crippen LogP contribution in [0.1, 0.15) is 30.7 Å². The predicted molar refractivity (Wildman–Crippen MR) is 148 cm³/mol. The fourth-order valence-corrected chi connectivity index (χ4v) is 4.29. The van der Waals surface area contributed by atoms with E-state index in [0.29, 0.717) is 0 Å². The molecule has 0 atom stereocenters. The molecule has 0 spiro atoms. The summed E-state index contributed by atoms with van der Waals surface area (Å²) in [6.07, 6.45) is 5.41. The largest absolute Gasteiger partial charge is 0.399 e. The maximum Gasteiger partial charge on any atom is 0.0537 e. The van der Waals surface area contributed by atoms with Gasteiger partial charge in [-0.3, -0.25) is 0 Å². The number of aromatic nitrogens is 1. The molecule has 1 aromatic heterocycles. The summed E-state index contributed by atoms with van der Waals surface area (Å²) in [5.74, 6) is 0. The summed E-state index contributed by atoms with van der Waals surface area (Å²) in [6.45, 7) is 6.21. The number of hydrogen-bond acceptors (Lipinski definition) is 1. The molecule has 4 aromatic carbocycles. The van der Waals surface area contributed by atoms with Gasteiger partial charge in [-0.25, -0.2) is 0 Å². The highest BCUT2D eigenvalue weighted by molar-refractivity contribution is 5.89. The highest BCUT2D eigenvalue weighted by Crippen LogP contribution is 2.30. The number of allylic oxidation sites excluding steroid dienone is 1. The molecule has 5 aromatic rings.